The predicted octanol–water partition coefficient (Wildman–Crippen LogP) is 3.75. The zero-order valence-electron chi connectivity index (χ0n) is 16.2. The number of aromatic nitrogens is 2. The van der Waals surface area contributed by atoms with Gasteiger partial charge in [0.25, 0.3) is 5.91 Å². The maximum absolute atomic E-state index is 14.2. The number of benzene rings is 2. The van der Waals surface area contributed by atoms with Crippen molar-refractivity contribution >= 4 is 5.91 Å². The second kappa shape index (κ2) is 7.66. The smallest absolute Gasteiger partial charge is 0.255 e. The lowest BCUT2D eigenvalue weighted by atomic mass is 9.96. The van der Waals surface area contributed by atoms with Gasteiger partial charge in [0.15, 0.2) is 5.82 Å². The molecule has 1 aliphatic heterocycles. The number of amides is 1. The highest BCUT2D eigenvalue weighted by atomic mass is 19.1. The molecule has 0 saturated heterocycles. The van der Waals surface area contributed by atoms with Crippen LogP contribution >= 0.6 is 0 Å². The Kier molecular flexibility index (Phi) is 5.05. The third-order valence-electron chi connectivity index (χ3n) is 5.16. The molecule has 0 fully saturated rings. The summed E-state index contributed by atoms with van der Waals surface area (Å²) in [5.74, 6) is -0.612. The number of hydrogen-bond acceptors (Lipinski definition) is 3. The predicted molar refractivity (Wildman–Crippen MR) is 104 cm³/mol. The van der Waals surface area contributed by atoms with Gasteiger partial charge in [-0.2, -0.15) is 5.10 Å². The highest BCUT2D eigenvalue weighted by Crippen LogP contribution is 2.26. The van der Waals surface area contributed by atoms with Crippen LogP contribution in [-0.2, 0) is 6.42 Å². The van der Waals surface area contributed by atoms with E-state index in [4.69, 9.17) is 4.74 Å². The molecule has 2 heterocycles. The molecule has 1 unspecified atom stereocenters. The van der Waals surface area contributed by atoms with E-state index < -0.39 is 11.6 Å². The van der Waals surface area contributed by atoms with Gasteiger partial charge in [0.1, 0.15) is 17.3 Å². The Labute approximate surface area is 167 Å². The standard InChI is InChI=1S/C22H21F2N3O2/c1-13-21(14(2)27(26-13)19-8-7-17(23)10-18(19)24)22(28)25-11-15-9-16-5-3-4-6-20(16)29-12-15/h3-8,10,15H,9,11-12H2,1-2H3,(H,25,28). The minimum absolute atomic E-state index is 0.100. The molecule has 0 spiro atoms. The van der Waals surface area contributed by atoms with Gasteiger partial charge in [0, 0.05) is 18.5 Å². The summed E-state index contributed by atoms with van der Waals surface area (Å²) in [7, 11) is 0. The molecule has 1 aromatic heterocycles. The van der Waals surface area contributed by atoms with Gasteiger partial charge in [-0.1, -0.05) is 18.2 Å². The van der Waals surface area contributed by atoms with Gasteiger partial charge < -0.3 is 10.1 Å². The van der Waals surface area contributed by atoms with Crippen molar-refractivity contribution in [1.82, 2.24) is 15.1 Å². The van der Waals surface area contributed by atoms with E-state index in [2.05, 4.69) is 10.4 Å². The molecule has 5 nitrogen and oxygen atoms in total. The topological polar surface area (TPSA) is 56.2 Å². The molecule has 3 aromatic rings. The highest BCUT2D eigenvalue weighted by molar-refractivity contribution is 5.96. The van der Waals surface area contributed by atoms with Crippen LogP contribution in [0.1, 0.15) is 27.3 Å². The molecular formula is C22H21F2N3O2. The Morgan fingerprint density at radius 3 is 2.83 bits per heavy atom. The van der Waals surface area contributed by atoms with Gasteiger partial charge in [-0.15, -0.1) is 0 Å². The van der Waals surface area contributed by atoms with E-state index in [1.54, 1.807) is 13.8 Å². The van der Waals surface area contributed by atoms with Crippen molar-refractivity contribution in [2.75, 3.05) is 13.2 Å². The van der Waals surface area contributed by atoms with E-state index in [1.807, 2.05) is 24.3 Å². The second-order valence-corrected chi connectivity index (χ2v) is 7.25. The number of aryl methyl sites for hydroxylation is 1. The first kappa shape index (κ1) is 19.1. The van der Waals surface area contributed by atoms with Crippen LogP contribution in [0.15, 0.2) is 42.5 Å². The number of nitrogens with one attached hydrogen (secondary N) is 1. The average molecular weight is 397 g/mol. The fourth-order valence-electron chi connectivity index (χ4n) is 3.71. The Morgan fingerprint density at radius 2 is 2.03 bits per heavy atom. The third kappa shape index (κ3) is 3.72. The minimum Gasteiger partial charge on any atom is -0.493 e. The monoisotopic (exact) mass is 397 g/mol. The van der Waals surface area contributed by atoms with E-state index in [-0.39, 0.29) is 17.5 Å². The summed E-state index contributed by atoms with van der Waals surface area (Å²) in [6.07, 6.45) is 0.828. The highest BCUT2D eigenvalue weighted by Gasteiger charge is 2.24. The molecule has 4 rings (SSSR count). The number of ether oxygens (including phenoxy) is 1. The first-order valence-electron chi connectivity index (χ1n) is 9.44. The molecule has 1 N–H and O–H groups in total. The van der Waals surface area contributed by atoms with Crippen LogP contribution < -0.4 is 10.1 Å². The quantitative estimate of drug-likeness (QED) is 0.730. The molecule has 0 bridgehead atoms. The zero-order chi connectivity index (χ0) is 20.5. The number of carbonyl (C=O) groups is 1. The molecule has 29 heavy (non-hydrogen) atoms. The van der Waals surface area contributed by atoms with Crippen LogP contribution in [0.4, 0.5) is 8.78 Å². The Morgan fingerprint density at radius 1 is 1.24 bits per heavy atom. The molecule has 150 valence electrons. The first-order valence-corrected chi connectivity index (χ1v) is 9.44. The molecule has 0 radical (unpaired) electrons. The summed E-state index contributed by atoms with van der Waals surface area (Å²) in [4.78, 5) is 12.8. The number of hydrogen-bond donors (Lipinski definition) is 1. The number of halogens is 2. The number of para-hydroxylation sites is 1. The zero-order valence-corrected chi connectivity index (χ0v) is 16.2. The molecular weight excluding hydrogens is 376 g/mol. The minimum atomic E-state index is -0.736. The van der Waals surface area contributed by atoms with Crippen LogP contribution in [0.3, 0.4) is 0 Å². The molecule has 1 aliphatic rings. The maximum Gasteiger partial charge on any atom is 0.255 e. The SMILES string of the molecule is Cc1nn(-c2ccc(F)cc2F)c(C)c1C(=O)NCC1COc2ccccc2C1. The van der Waals surface area contributed by atoms with Gasteiger partial charge in [-0.05, 0) is 44.0 Å². The molecule has 2 aromatic carbocycles. The van der Waals surface area contributed by atoms with Gasteiger partial charge in [-0.3, -0.25) is 4.79 Å². The lowest BCUT2D eigenvalue weighted by Crippen LogP contribution is -2.35. The lowest BCUT2D eigenvalue weighted by molar-refractivity contribution is 0.0938. The number of carbonyl (C=O) groups excluding carboxylic acids is 1. The number of rotatable bonds is 4. The van der Waals surface area contributed by atoms with Crippen LogP contribution in [0, 0.1) is 31.4 Å². The average Bonchev–Trinajstić information content (AvgIpc) is 3.00. The molecule has 0 saturated carbocycles. The normalized spacial score (nSPS) is 15.5. The van der Waals surface area contributed by atoms with Gasteiger partial charge in [-0.25, -0.2) is 13.5 Å². The summed E-state index contributed by atoms with van der Waals surface area (Å²) < 4.78 is 34.5. The van der Waals surface area contributed by atoms with Crippen molar-refractivity contribution in [3.05, 3.63) is 76.6 Å². The molecule has 1 atom stereocenters. The van der Waals surface area contributed by atoms with Crippen LogP contribution in [0.5, 0.6) is 5.75 Å². The Hall–Kier alpha value is -3.22. The van der Waals surface area contributed by atoms with Crippen LogP contribution in [0.25, 0.3) is 5.69 Å². The first-order chi connectivity index (χ1) is 13.9. The van der Waals surface area contributed by atoms with Crippen molar-refractivity contribution in [1.29, 1.82) is 0 Å². The van der Waals surface area contributed by atoms with Crippen molar-refractivity contribution in [3.63, 3.8) is 0 Å². The van der Waals surface area contributed by atoms with Gasteiger partial charge >= 0.3 is 0 Å². The lowest BCUT2D eigenvalue weighted by Gasteiger charge is -2.25. The number of nitrogens with zero attached hydrogens (tertiary/aromatic N) is 2. The second-order valence-electron chi connectivity index (χ2n) is 7.25. The Balaban J connectivity index is 1.49. The van der Waals surface area contributed by atoms with Gasteiger partial charge in [0.2, 0.25) is 0 Å². The summed E-state index contributed by atoms with van der Waals surface area (Å²) in [5, 5.41) is 7.23. The van der Waals surface area contributed by atoms with Gasteiger partial charge in [0.05, 0.1) is 23.6 Å². The Bertz CT molecular complexity index is 1080. The van der Waals surface area contributed by atoms with Crippen molar-refractivity contribution in [3.8, 4) is 11.4 Å². The van der Waals surface area contributed by atoms with Crippen LogP contribution in [0.2, 0.25) is 0 Å². The van der Waals surface area contributed by atoms with E-state index in [0.717, 1.165) is 29.9 Å². The number of fused-ring (bicyclic) bond motifs is 1. The van der Waals surface area contributed by atoms with E-state index in [9.17, 15) is 13.6 Å². The van der Waals surface area contributed by atoms with E-state index in [1.165, 1.54) is 10.7 Å². The van der Waals surface area contributed by atoms with Crippen LogP contribution in [-0.4, -0.2) is 28.8 Å². The summed E-state index contributed by atoms with van der Waals surface area (Å²) >= 11 is 0. The maximum atomic E-state index is 14.2. The van der Waals surface area contributed by atoms with Crippen molar-refractivity contribution < 1.29 is 18.3 Å². The summed E-state index contributed by atoms with van der Waals surface area (Å²) in [6, 6.07) is 11.1. The fourth-order valence-corrected chi connectivity index (χ4v) is 3.71. The third-order valence-corrected chi connectivity index (χ3v) is 5.16. The van der Waals surface area contributed by atoms with E-state index >= 15 is 0 Å². The largest absolute Gasteiger partial charge is 0.493 e. The fraction of sp³-hybridized carbons (Fsp3) is 0.273. The summed E-state index contributed by atoms with van der Waals surface area (Å²) in [6.45, 7) is 4.38. The van der Waals surface area contributed by atoms with Crippen molar-refractivity contribution in [2.45, 2.75) is 20.3 Å². The van der Waals surface area contributed by atoms with Crippen molar-refractivity contribution in [2.24, 2.45) is 5.92 Å². The molecule has 1 amide bonds. The van der Waals surface area contributed by atoms with E-state index in [0.29, 0.717) is 30.1 Å². The molecule has 7 heteroatoms. The molecule has 0 aliphatic carbocycles. The summed E-state index contributed by atoms with van der Waals surface area (Å²) in [5.41, 5.74) is 2.60.